The second kappa shape index (κ2) is 10.5. The van der Waals surface area contributed by atoms with Crippen molar-refractivity contribution in [3.8, 4) is 5.69 Å². The number of rotatable bonds is 7. The minimum atomic E-state index is -0.285. The molecule has 2 aromatic heterocycles. The lowest BCUT2D eigenvalue weighted by Crippen LogP contribution is -2.24. The number of aromatic nitrogens is 2. The van der Waals surface area contributed by atoms with Gasteiger partial charge >= 0.3 is 0 Å². The lowest BCUT2D eigenvalue weighted by molar-refractivity contribution is -0.118. The fourth-order valence-electron chi connectivity index (χ4n) is 4.14. The number of hydrogen-bond acceptors (Lipinski definition) is 7. The number of carbonyl (C=O) groups is 1. The van der Waals surface area contributed by atoms with Crippen LogP contribution >= 0.6 is 34.7 Å². The van der Waals surface area contributed by atoms with Gasteiger partial charge in [-0.15, -0.1) is 11.3 Å². The normalized spacial score (nSPS) is 12.9. The third-order valence-corrected chi connectivity index (χ3v) is 8.31. The monoisotopic (exact) mass is 537 g/mol. The van der Waals surface area contributed by atoms with Gasteiger partial charge in [-0.2, -0.15) is 5.10 Å². The molecule has 10 heteroatoms. The molecule has 2 heterocycles. The number of nitrogens with zero attached hydrogens (tertiary/aromatic N) is 4. The number of thiophene rings is 1. The van der Waals surface area contributed by atoms with Gasteiger partial charge in [0, 0.05) is 29.7 Å². The second-order valence-electron chi connectivity index (χ2n) is 8.62. The Morgan fingerprint density at radius 1 is 1.19 bits per heavy atom. The van der Waals surface area contributed by atoms with Crippen LogP contribution < -0.4 is 15.9 Å². The van der Waals surface area contributed by atoms with E-state index in [2.05, 4.69) is 10.5 Å². The molecule has 0 unspecified atom stereocenters. The Kier molecular flexibility index (Phi) is 7.13. The van der Waals surface area contributed by atoms with Crippen LogP contribution in [-0.4, -0.2) is 41.5 Å². The maximum absolute atomic E-state index is 13.7. The number of hydrazone groups is 1. The number of fused-ring (bicyclic) bond motifs is 3. The molecule has 36 heavy (non-hydrogen) atoms. The van der Waals surface area contributed by atoms with Gasteiger partial charge in [0.25, 0.3) is 11.5 Å². The summed E-state index contributed by atoms with van der Waals surface area (Å²) in [6.45, 7) is 0. The number of hydrogen-bond donors (Lipinski definition) is 1. The van der Waals surface area contributed by atoms with Crippen LogP contribution in [0, 0.1) is 0 Å². The first-order valence-corrected chi connectivity index (χ1v) is 13.6. The summed E-state index contributed by atoms with van der Waals surface area (Å²) in [5, 5.41) is 5.81. The number of halogens is 1. The Hall–Kier alpha value is -3.14. The van der Waals surface area contributed by atoms with Crippen LogP contribution in [0.15, 0.2) is 63.6 Å². The van der Waals surface area contributed by atoms with Gasteiger partial charge in [-0.25, -0.2) is 10.4 Å². The number of thioether (sulfide) groups is 1. The number of anilines is 1. The Labute approximate surface area is 221 Å². The molecular weight excluding hydrogens is 514 g/mol. The zero-order valence-corrected chi connectivity index (χ0v) is 22.2. The average Bonchev–Trinajstić information content (AvgIpc) is 3.45. The standard InChI is InChI=1S/C26H24ClN5O2S2/c1-31(2)18-10-6-16(7-11-18)14-28-30-22(33)15-35-26-29-24-23(20-4-3-5-21(20)36-24)25(34)32(26)19-12-8-17(27)9-13-19/h6-14H,3-5,15H2,1-2H3,(H,30,33). The third-order valence-electron chi connectivity index (χ3n) is 5.94. The minimum absolute atomic E-state index is 0.0630. The van der Waals surface area contributed by atoms with E-state index >= 15 is 0 Å². The molecule has 2 aromatic carbocycles. The van der Waals surface area contributed by atoms with Crippen molar-refractivity contribution in [1.29, 1.82) is 0 Å². The van der Waals surface area contributed by atoms with Gasteiger partial charge in [-0.05, 0) is 66.8 Å². The van der Waals surface area contributed by atoms with E-state index in [0.717, 1.165) is 40.9 Å². The summed E-state index contributed by atoms with van der Waals surface area (Å²) in [4.78, 5) is 35.0. The van der Waals surface area contributed by atoms with E-state index in [1.807, 2.05) is 43.3 Å². The first-order chi connectivity index (χ1) is 17.4. The van der Waals surface area contributed by atoms with Crippen LogP contribution in [0.3, 0.4) is 0 Å². The van der Waals surface area contributed by atoms with Crippen LogP contribution in [0.4, 0.5) is 5.69 Å². The maximum Gasteiger partial charge on any atom is 0.267 e. The van der Waals surface area contributed by atoms with Gasteiger partial charge in [-0.1, -0.05) is 35.5 Å². The predicted molar refractivity (Wildman–Crippen MR) is 149 cm³/mol. The van der Waals surface area contributed by atoms with Gasteiger partial charge < -0.3 is 4.90 Å². The van der Waals surface area contributed by atoms with Gasteiger partial charge in [-0.3, -0.25) is 14.2 Å². The van der Waals surface area contributed by atoms with Crippen molar-refractivity contribution in [2.24, 2.45) is 5.10 Å². The molecule has 1 amide bonds. The lowest BCUT2D eigenvalue weighted by atomic mass is 10.2. The van der Waals surface area contributed by atoms with Crippen molar-refractivity contribution < 1.29 is 4.79 Å². The smallest absolute Gasteiger partial charge is 0.267 e. The zero-order valence-electron chi connectivity index (χ0n) is 19.8. The van der Waals surface area contributed by atoms with Crippen molar-refractivity contribution in [2.45, 2.75) is 24.4 Å². The van der Waals surface area contributed by atoms with Gasteiger partial charge in [0.05, 0.1) is 23.0 Å². The van der Waals surface area contributed by atoms with E-state index in [1.165, 1.54) is 16.6 Å². The van der Waals surface area contributed by atoms with E-state index in [4.69, 9.17) is 16.6 Å². The molecule has 0 radical (unpaired) electrons. The van der Waals surface area contributed by atoms with E-state index in [-0.39, 0.29) is 17.2 Å². The zero-order chi connectivity index (χ0) is 25.2. The molecule has 0 aliphatic heterocycles. The first-order valence-electron chi connectivity index (χ1n) is 11.5. The Balaban J connectivity index is 1.36. The molecule has 4 aromatic rings. The molecule has 1 aliphatic rings. The number of carbonyl (C=O) groups excluding carboxylic acids is 1. The molecule has 7 nitrogen and oxygen atoms in total. The van der Waals surface area contributed by atoms with E-state index in [0.29, 0.717) is 21.3 Å². The van der Waals surface area contributed by atoms with Crippen molar-refractivity contribution in [2.75, 3.05) is 24.7 Å². The third kappa shape index (κ3) is 5.04. The summed E-state index contributed by atoms with van der Waals surface area (Å²) in [5.74, 6) is -0.222. The van der Waals surface area contributed by atoms with Crippen molar-refractivity contribution >= 4 is 62.7 Å². The highest BCUT2D eigenvalue weighted by atomic mass is 35.5. The fraction of sp³-hybridized carbons (Fsp3) is 0.231. The summed E-state index contributed by atoms with van der Waals surface area (Å²) >= 11 is 8.87. The highest BCUT2D eigenvalue weighted by Gasteiger charge is 2.24. The topological polar surface area (TPSA) is 79.6 Å². The molecular formula is C26H24ClN5O2S2. The maximum atomic E-state index is 13.7. The molecule has 0 fully saturated rings. The summed E-state index contributed by atoms with van der Waals surface area (Å²) in [6.07, 6.45) is 4.55. The van der Waals surface area contributed by atoms with Crippen LogP contribution in [0.1, 0.15) is 22.4 Å². The highest BCUT2D eigenvalue weighted by molar-refractivity contribution is 7.99. The van der Waals surface area contributed by atoms with Gasteiger partial charge in [0.15, 0.2) is 5.16 Å². The van der Waals surface area contributed by atoms with E-state index in [9.17, 15) is 9.59 Å². The molecule has 0 saturated heterocycles. The first kappa shape index (κ1) is 24.5. The van der Waals surface area contributed by atoms with Crippen LogP contribution in [0.25, 0.3) is 15.9 Å². The molecule has 184 valence electrons. The SMILES string of the molecule is CN(C)c1ccc(C=NNC(=O)CSc2nc3sc4c(c3c(=O)n2-c2ccc(Cl)cc2)CCC4)cc1. The van der Waals surface area contributed by atoms with Gasteiger partial charge in [0.1, 0.15) is 4.83 Å². The minimum Gasteiger partial charge on any atom is -0.378 e. The second-order valence-corrected chi connectivity index (χ2v) is 11.1. The van der Waals surface area contributed by atoms with Crippen LogP contribution in [0.2, 0.25) is 5.02 Å². The number of amides is 1. The predicted octanol–water partition coefficient (Wildman–Crippen LogP) is 4.90. The summed E-state index contributed by atoms with van der Waals surface area (Å²) < 4.78 is 1.58. The van der Waals surface area contributed by atoms with Gasteiger partial charge in [0.2, 0.25) is 0 Å². The Bertz CT molecular complexity index is 1510. The van der Waals surface area contributed by atoms with E-state index in [1.54, 1.807) is 46.4 Å². The lowest BCUT2D eigenvalue weighted by Gasteiger charge is -2.12. The Morgan fingerprint density at radius 2 is 1.94 bits per heavy atom. The fourth-order valence-corrected chi connectivity index (χ4v) is 6.37. The largest absolute Gasteiger partial charge is 0.378 e. The van der Waals surface area contributed by atoms with Crippen LogP contribution in [0.5, 0.6) is 0 Å². The molecule has 0 saturated carbocycles. The average molecular weight is 538 g/mol. The summed E-state index contributed by atoms with van der Waals surface area (Å²) in [5.41, 5.74) is 6.20. The summed E-state index contributed by atoms with van der Waals surface area (Å²) in [6, 6.07) is 14.9. The molecule has 1 N–H and O–H groups in total. The number of benzene rings is 2. The number of nitrogens with one attached hydrogen (secondary N) is 1. The van der Waals surface area contributed by atoms with Crippen molar-refractivity contribution in [3.05, 3.63) is 79.9 Å². The van der Waals surface area contributed by atoms with Crippen LogP contribution in [-0.2, 0) is 17.6 Å². The van der Waals surface area contributed by atoms with Crippen molar-refractivity contribution in [1.82, 2.24) is 15.0 Å². The number of aryl methyl sites for hydroxylation is 2. The molecule has 0 bridgehead atoms. The molecule has 0 spiro atoms. The Morgan fingerprint density at radius 3 is 2.67 bits per heavy atom. The molecule has 0 atom stereocenters. The van der Waals surface area contributed by atoms with Crippen molar-refractivity contribution in [3.63, 3.8) is 0 Å². The molecule has 5 rings (SSSR count). The highest BCUT2D eigenvalue weighted by Crippen LogP contribution is 2.36. The molecule has 1 aliphatic carbocycles. The summed E-state index contributed by atoms with van der Waals surface area (Å²) in [7, 11) is 3.95. The van der Waals surface area contributed by atoms with E-state index < -0.39 is 0 Å². The quantitative estimate of drug-likeness (QED) is 0.157.